The van der Waals surface area contributed by atoms with E-state index in [0.29, 0.717) is 6.10 Å². The van der Waals surface area contributed by atoms with Gasteiger partial charge in [0, 0.05) is 24.2 Å². The van der Waals surface area contributed by atoms with Gasteiger partial charge in [-0.2, -0.15) is 0 Å². The molecule has 1 unspecified atom stereocenters. The van der Waals surface area contributed by atoms with Crippen molar-refractivity contribution in [2.75, 3.05) is 12.3 Å². The Kier molecular flexibility index (Phi) is 3.19. The molecule has 4 nitrogen and oxygen atoms in total. The minimum absolute atomic E-state index is 0.323. The van der Waals surface area contributed by atoms with E-state index in [1.807, 2.05) is 6.20 Å². The molecule has 1 fully saturated rings. The highest BCUT2D eigenvalue weighted by molar-refractivity contribution is 5.94. The first-order valence-corrected chi connectivity index (χ1v) is 6.99. The highest BCUT2D eigenvalue weighted by atomic mass is 16.5. The van der Waals surface area contributed by atoms with Crippen LogP contribution in [0, 0.1) is 13.8 Å². The second-order valence-corrected chi connectivity index (χ2v) is 5.43. The van der Waals surface area contributed by atoms with Crippen molar-refractivity contribution in [3.8, 4) is 0 Å². The number of aromatic nitrogens is 2. The van der Waals surface area contributed by atoms with Crippen LogP contribution in [0.3, 0.4) is 0 Å². The summed E-state index contributed by atoms with van der Waals surface area (Å²) in [7, 11) is 0. The summed E-state index contributed by atoms with van der Waals surface area (Å²) in [6.07, 6.45) is 7.57. The number of hydrogen-bond acceptors (Lipinski definition) is 3. The Morgan fingerprint density at radius 1 is 1.37 bits per heavy atom. The molecule has 1 aliphatic heterocycles. The Bertz CT molecular complexity index is 597. The van der Waals surface area contributed by atoms with E-state index >= 15 is 0 Å². The Balaban J connectivity index is 2.03. The predicted octanol–water partition coefficient (Wildman–Crippen LogP) is 2.80. The lowest BCUT2D eigenvalue weighted by Crippen LogP contribution is -2.24. The molecule has 0 aliphatic carbocycles. The molecule has 1 atom stereocenters. The van der Waals surface area contributed by atoms with Gasteiger partial charge in [0.05, 0.1) is 29.7 Å². The van der Waals surface area contributed by atoms with E-state index in [2.05, 4.69) is 23.4 Å². The van der Waals surface area contributed by atoms with Gasteiger partial charge in [-0.05, 0) is 38.7 Å². The van der Waals surface area contributed by atoms with Crippen LogP contribution in [-0.2, 0) is 11.3 Å². The van der Waals surface area contributed by atoms with Crippen LogP contribution in [-0.4, -0.2) is 22.3 Å². The Labute approximate surface area is 113 Å². The number of nitrogens with zero attached hydrogens (tertiary/aromatic N) is 2. The fraction of sp³-hybridized carbons (Fsp3) is 0.533. The molecule has 0 spiro atoms. The van der Waals surface area contributed by atoms with Crippen molar-refractivity contribution >= 4 is 16.6 Å². The number of aryl methyl sites for hydroxylation is 1. The minimum Gasteiger partial charge on any atom is -0.397 e. The largest absolute Gasteiger partial charge is 0.397 e. The van der Waals surface area contributed by atoms with E-state index in [-0.39, 0.29) is 0 Å². The van der Waals surface area contributed by atoms with Crippen molar-refractivity contribution in [1.29, 1.82) is 0 Å². The maximum absolute atomic E-state index is 6.07. The van der Waals surface area contributed by atoms with Crippen LogP contribution in [0.1, 0.15) is 30.5 Å². The van der Waals surface area contributed by atoms with Gasteiger partial charge in [0.25, 0.3) is 0 Å². The molecule has 0 saturated carbocycles. The lowest BCUT2D eigenvalue weighted by molar-refractivity contribution is 0.00640. The second kappa shape index (κ2) is 4.85. The second-order valence-electron chi connectivity index (χ2n) is 5.43. The molecule has 0 aromatic carbocycles. The average Bonchev–Trinajstić information content (AvgIpc) is 2.66. The van der Waals surface area contributed by atoms with Crippen molar-refractivity contribution in [1.82, 2.24) is 9.55 Å². The van der Waals surface area contributed by atoms with Crippen LogP contribution in [0.4, 0.5) is 5.69 Å². The third-order valence-electron chi connectivity index (χ3n) is 4.23. The van der Waals surface area contributed by atoms with Gasteiger partial charge in [-0.1, -0.05) is 0 Å². The highest BCUT2D eigenvalue weighted by Crippen LogP contribution is 2.30. The molecule has 2 aromatic heterocycles. The zero-order chi connectivity index (χ0) is 13.4. The Hall–Kier alpha value is -1.55. The van der Waals surface area contributed by atoms with Crippen LogP contribution in [0.15, 0.2) is 12.4 Å². The predicted molar refractivity (Wildman–Crippen MR) is 77.2 cm³/mol. The Morgan fingerprint density at radius 2 is 2.21 bits per heavy atom. The van der Waals surface area contributed by atoms with Crippen LogP contribution < -0.4 is 5.73 Å². The first kappa shape index (κ1) is 12.5. The number of nitrogen functional groups attached to an aromatic ring is 1. The lowest BCUT2D eigenvalue weighted by Gasteiger charge is -2.24. The molecule has 0 bridgehead atoms. The summed E-state index contributed by atoms with van der Waals surface area (Å²) in [6.45, 7) is 6.08. The van der Waals surface area contributed by atoms with E-state index in [0.717, 1.165) is 36.2 Å². The van der Waals surface area contributed by atoms with E-state index in [1.54, 1.807) is 6.20 Å². The molecule has 3 heterocycles. The topological polar surface area (TPSA) is 53.1 Å². The van der Waals surface area contributed by atoms with Crippen LogP contribution >= 0.6 is 0 Å². The molecule has 2 N–H and O–H groups in total. The van der Waals surface area contributed by atoms with E-state index in [9.17, 15) is 0 Å². The van der Waals surface area contributed by atoms with Gasteiger partial charge in [-0.3, -0.25) is 4.98 Å². The van der Waals surface area contributed by atoms with Gasteiger partial charge in [-0.15, -0.1) is 0 Å². The molecular weight excluding hydrogens is 238 g/mol. The maximum atomic E-state index is 6.07. The molecule has 19 heavy (non-hydrogen) atoms. The van der Waals surface area contributed by atoms with Crippen LogP contribution in [0.5, 0.6) is 0 Å². The standard InChI is InChI=1S/C15H21N3O/c1-10-11(2)18(9-12-5-3-4-6-19-12)14-8-17-7-13(16)15(10)14/h7-8,12H,3-6,9,16H2,1-2H3. The van der Waals surface area contributed by atoms with Gasteiger partial charge >= 0.3 is 0 Å². The normalized spacial score (nSPS) is 20.0. The third kappa shape index (κ3) is 2.10. The van der Waals surface area contributed by atoms with Crippen LogP contribution in [0.25, 0.3) is 10.9 Å². The zero-order valence-electron chi connectivity index (χ0n) is 11.6. The number of ether oxygens (including phenoxy) is 1. The van der Waals surface area contributed by atoms with Crippen molar-refractivity contribution < 1.29 is 4.74 Å². The summed E-state index contributed by atoms with van der Waals surface area (Å²) in [4.78, 5) is 4.23. The number of hydrogen-bond donors (Lipinski definition) is 1. The molecule has 102 valence electrons. The number of rotatable bonds is 2. The molecule has 0 amide bonds. The summed E-state index contributed by atoms with van der Waals surface area (Å²) in [5.41, 5.74) is 10.5. The fourth-order valence-electron chi connectivity index (χ4n) is 3.03. The lowest BCUT2D eigenvalue weighted by atomic mass is 10.1. The molecule has 1 saturated heterocycles. The highest BCUT2D eigenvalue weighted by Gasteiger charge is 2.19. The maximum Gasteiger partial charge on any atom is 0.0754 e. The molecule has 1 aliphatic rings. The fourth-order valence-corrected chi connectivity index (χ4v) is 3.03. The van der Waals surface area contributed by atoms with Gasteiger partial charge in [0.15, 0.2) is 0 Å². The average molecular weight is 259 g/mol. The molecule has 3 rings (SSSR count). The first-order valence-electron chi connectivity index (χ1n) is 6.99. The summed E-state index contributed by atoms with van der Waals surface area (Å²) in [5.74, 6) is 0. The van der Waals surface area contributed by atoms with E-state index in [4.69, 9.17) is 10.5 Å². The van der Waals surface area contributed by atoms with Gasteiger partial charge in [0.2, 0.25) is 0 Å². The summed E-state index contributed by atoms with van der Waals surface area (Å²) in [6, 6.07) is 0. The van der Waals surface area contributed by atoms with Crippen molar-refractivity contribution in [2.45, 2.75) is 45.8 Å². The van der Waals surface area contributed by atoms with Crippen molar-refractivity contribution in [2.24, 2.45) is 0 Å². The van der Waals surface area contributed by atoms with Gasteiger partial charge in [0.1, 0.15) is 0 Å². The number of pyridine rings is 1. The SMILES string of the molecule is Cc1c(C)n(CC2CCCCO2)c2cncc(N)c12. The molecule has 4 heteroatoms. The van der Waals surface area contributed by atoms with E-state index in [1.165, 1.54) is 24.1 Å². The van der Waals surface area contributed by atoms with Gasteiger partial charge < -0.3 is 15.0 Å². The van der Waals surface area contributed by atoms with E-state index < -0.39 is 0 Å². The summed E-state index contributed by atoms with van der Waals surface area (Å²) >= 11 is 0. The molecule has 0 radical (unpaired) electrons. The number of fused-ring (bicyclic) bond motifs is 1. The summed E-state index contributed by atoms with van der Waals surface area (Å²) in [5, 5.41) is 1.14. The minimum atomic E-state index is 0.323. The number of nitrogens with two attached hydrogens (primary N) is 1. The molecular formula is C15H21N3O. The van der Waals surface area contributed by atoms with Crippen molar-refractivity contribution in [3.63, 3.8) is 0 Å². The first-order chi connectivity index (χ1) is 9.18. The molecule has 2 aromatic rings. The Morgan fingerprint density at radius 3 is 2.95 bits per heavy atom. The van der Waals surface area contributed by atoms with Crippen molar-refractivity contribution in [3.05, 3.63) is 23.7 Å². The number of anilines is 1. The third-order valence-corrected chi connectivity index (χ3v) is 4.23. The quantitative estimate of drug-likeness (QED) is 0.902. The smallest absolute Gasteiger partial charge is 0.0754 e. The summed E-state index contributed by atoms with van der Waals surface area (Å²) < 4.78 is 8.16. The van der Waals surface area contributed by atoms with Gasteiger partial charge in [-0.25, -0.2) is 0 Å². The zero-order valence-corrected chi connectivity index (χ0v) is 11.6. The monoisotopic (exact) mass is 259 g/mol. The van der Waals surface area contributed by atoms with Crippen LogP contribution in [0.2, 0.25) is 0 Å².